The van der Waals surface area contributed by atoms with Gasteiger partial charge in [0.2, 0.25) is 0 Å². The van der Waals surface area contributed by atoms with Crippen molar-refractivity contribution in [1.82, 2.24) is 0 Å². The highest BCUT2D eigenvalue weighted by molar-refractivity contribution is 6.99. The van der Waals surface area contributed by atoms with Crippen molar-refractivity contribution in [2.24, 2.45) is 0 Å². The zero-order valence-corrected chi connectivity index (χ0v) is 33.4. The zero-order chi connectivity index (χ0) is 34.3. The van der Waals surface area contributed by atoms with Crippen LogP contribution in [0.3, 0.4) is 0 Å². The summed E-state index contributed by atoms with van der Waals surface area (Å²) >= 11 is 0. The van der Waals surface area contributed by atoms with Crippen LogP contribution < -0.4 is 10.4 Å². The van der Waals surface area contributed by atoms with Crippen LogP contribution in [0.1, 0.15) is 111 Å². The van der Waals surface area contributed by atoms with Gasteiger partial charge in [-0.05, 0) is 40.4 Å². The lowest BCUT2D eigenvalue weighted by atomic mass is 10.0. The van der Waals surface area contributed by atoms with Crippen molar-refractivity contribution in [2.75, 3.05) is 26.6 Å². The predicted octanol–water partition coefficient (Wildman–Crippen LogP) is 10.9. The Labute approximate surface area is 292 Å². The molecule has 4 nitrogen and oxygen atoms in total. The van der Waals surface area contributed by atoms with Crippen LogP contribution in [-0.2, 0) is 18.6 Å². The topological polar surface area (TPSA) is 36.9 Å². The molecule has 2 aromatic carbocycles. The van der Waals surface area contributed by atoms with Gasteiger partial charge in [-0.15, -0.1) is 0 Å². The second-order valence-corrected chi connectivity index (χ2v) is 25.4. The van der Waals surface area contributed by atoms with E-state index in [1.54, 1.807) is 0 Å². The molecule has 0 aliphatic carbocycles. The summed E-state index contributed by atoms with van der Waals surface area (Å²) in [6, 6.07) is 22.7. The van der Waals surface area contributed by atoms with Crippen LogP contribution in [0.15, 0.2) is 73.0 Å². The van der Waals surface area contributed by atoms with Gasteiger partial charge in [0, 0.05) is 14.7 Å². The van der Waals surface area contributed by atoms with E-state index in [1.807, 2.05) is 6.26 Å². The predicted molar refractivity (Wildman–Crippen MR) is 208 cm³/mol. The Bertz CT molecular complexity index is 1010. The Morgan fingerprint density at radius 3 is 1.68 bits per heavy atom. The van der Waals surface area contributed by atoms with Crippen LogP contribution in [0.5, 0.6) is 0 Å². The van der Waals surface area contributed by atoms with Gasteiger partial charge in [-0.25, -0.2) is 0 Å². The third-order valence-corrected chi connectivity index (χ3v) is 15.7. The van der Waals surface area contributed by atoms with Crippen molar-refractivity contribution in [3.05, 3.63) is 73.0 Å². The van der Waals surface area contributed by atoms with E-state index in [4.69, 9.17) is 18.6 Å². The second-order valence-electron chi connectivity index (χ2n) is 15.5. The lowest BCUT2D eigenvalue weighted by molar-refractivity contribution is -0.112. The number of allylic oxidation sites excluding steroid dienone is 1. The van der Waals surface area contributed by atoms with Gasteiger partial charge in [-0.2, -0.15) is 0 Å². The lowest BCUT2D eigenvalue weighted by Crippen LogP contribution is -2.67. The van der Waals surface area contributed by atoms with E-state index in [-0.39, 0.29) is 17.9 Å². The summed E-state index contributed by atoms with van der Waals surface area (Å²) in [6.45, 7) is 18.2. The zero-order valence-electron chi connectivity index (χ0n) is 31.4. The number of unbranched alkanes of at least 4 members (excludes halogenated alkanes) is 12. The molecule has 2 rings (SSSR count). The van der Waals surface area contributed by atoms with Gasteiger partial charge < -0.3 is 18.6 Å². The third-order valence-electron chi connectivity index (χ3n) is 8.98. The van der Waals surface area contributed by atoms with E-state index in [1.165, 1.54) is 87.4 Å². The molecule has 0 spiro atoms. The Hall–Kier alpha value is -1.71. The number of ether oxygens (including phenoxy) is 3. The summed E-state index contributed by atoms with van der Waals surface area (Å²) in [5, 5.41) is 2.45. The van der Waals surface area contributed by atoms with Crippen LogP contribution in [0.25, 0.3) is 0 Å². The molecular formula is C41H70O4Si2. The quantitative estimate of drug-likeness (QED) is 0.0407. The fourth-order valence-corrected chi connectivity index (χ4v) is 11.5. The molecule has 0 radical (unpaired) electrons. The summed E-state index contributed by atoms with van der Waals surface area (Å²) in [6.07, 6.45) is 21.3. The maximum Gasteiger partial charge on any atom is 0.261 e. The first-order valence-corrected chi connectivity index (χ1v) is 24.4. The Morgan fingerprint density at radius 1 is 0.681 bits per heavy atom. The van der Waals surface area contributed by atoms with E-state index < -0.39 is 16.4 Å². The second kappa shape index (κ2) is 23.6. The molecule has 0 amide bonds. The molecule has 0 N–H and O–H groups in total. The van der Waals surface area contributed by atoms with Gasteiger partial charge in [0.25, 0.3) is 8.32 Å². The minimum atomic E-state index is -2.67. The van der Waals surface area contributed by atoms with Gasteiger partial charge >= 0.3 is 0 Å². The molecule has 1 atom stereocenters. The third kappa shape index (κ3) is 17.0. The smallest absolute Gasteiger partial charge is 0.261 e. The van der Waals surface area contributed by atoms with Crippen molar-refractivity contribution < 1.29 is 18.6 Å². The summed E-state index contributed by atoms with van der Waals surface area (Å²) in [7, 11) is -3.83. The van der Waals surface area contributed by atoms with Gasteiger partial charge in [0.05, 0.1) is 12.9 Å². The lowest BCUT2D eigenvalue weighted by Gasteiger charge is -2.43. The first kappa shape index (κ1) is 41.5. The summed E-state index contributed by atoms with van der Waals surface area (Å²) in [5.74, 6) is 0. The summed E-state index contributed by atoms with van der Waals surface area (Å²) in [5.41, 5.74) is 0. The fraction of sp³-hybridized carbons (Fsp3) is 0.659. The highest BCUT2D eigenvalue weighted by Crippen LogP contribution is 2.37. The maximum absolute atomic E-state index is 7.18. The largest absolute Gasteiger partial charge is 0.499 e. The highest BCUT2D eigenvalue weighted by atomic mass is 28.4. The molecule has 266 valence electrons. The molecule has 1 unspecified atom stereocenters. The molecule has 0 bridgehead atoms. The molecule has 0 fully saturated rings. The van der Waals surface area contributed by atoms with Crippen LogP contribution in [0.2, 0.25) is 30.7 Å². The van der Waals surface area contributed by atoms with E-state index in [0.29, 0.717) is 13.2 Å². The van der Waals surface area contributed by atoms with Gasteiger partial charge in [0.1, 0.15) is 19.5 Å². The summed E-state index contributed by atoms with van der Waals surface area (Å²) < 4.78 is 25.5. The molecule has 6 heteroatoms. The molecular weight excluding hydrogens is 613 g/mol. The molecule has 0 heterocycles. The van der Waals surface area contributed by atoms with Crippen LogP contribution in [0.4, 0.5) is 0 Å². The number of hydrogen-bond donors (Lipinski definition) is 0. The average molecular weight is 683 g/mol. The Balaban J connectivity index is 1.91. The molecule has 0 saturated heterocycles. The van der Waals surface area contributed by atoms with Crippen molar-refractivity contribution >= 4 is 26.8 Å². The van der Waals surface area contributed by atoms with Crippen molar-refractivity contribution in [3.63, 3.8) is 0 Å². The van der Waals surface area contributed by atoms with Crippen LogP contribution >= 0.6 is 0 Å². The van der Waals surface area contributed by atoms with Gasteiger partial charge in [-0.1, -0.05) is 179 Å². The minimum absolute atomic E-state index is 0.0941. The molecule has 0 aliphatic rings. The maximum atomic E-state index is 7.18. The van der Waals surface area contributed by atoms with E-state index >= 15 is 0 Å². The number of hydrogen-bond acceptors (Lipinski definition) is 4. The first-order valence-electron chi connectivity index (χ1n) is 18.8. The van der Waals surface area contributed by atoms with E-state index in [9.17, 15) is 0 Å². The van der Waals surface area contributed by atoms with Gasteiger partial charge in [-0.3, -0.25) is 0 Å². The molecule has 0 aliphatic heterocycles. The van der Waals surface area contributed by atoms with E-state index in [2.05, 4.69) is 114 Å². The van der Waals surface area contributed by atoms with Crippen molar-refractivity contribution in [1.29, 1.82) is 0 Å². The molecule has 0 saturated carbocycles. The average Bonchev–Trinajstić information content (AvgIpc) is 3.04. The normalized spacial score (nSPS) is 13.3. The monoisotopic (exact) mass is 682 g/mol. The van der Waals surface area contributed by atoms with Crippen LogP contribution in [0, 0.1) is 0 Å². The minimum Gasteiger partial charge on any atom is -0.499 e. The molecule has 47 heavy (non-hydrogen) atoms. The van der Waals surface area contributed by atoms with Gasteiger partial charge in [0.15, 0.2) is 0 Å². The standard InChI is InChI=1S/C41H70O4Si2/c1-8-9-10-11-12-13-14-15-16-17-18-19-20-27-32-42-35-38(44-37-43-33-34-46(5,6)7)36-45-47(41(2,3)4,39-28-23-21-24-29-39)40-30-25-22-26-31-40/h21-32,38H,8-20,33-37H2,1-7H3/b32-27-. The molecule has 2 aromatic rings. The Kier molecular flexibility index (Phi) is 20.8. The number of rotatable bonds is 27. The highest BCUT2D eigenvalue weighted by Gasteiger charge is 2.50. The molecule has 0 aromatic heterocycles. The Morgan fingerprint density at radius 2 is 1.19 bits per heavy atom. The van der Waals surface area contributed by atoms with Crippen LogP contribution in [-0.4, -0.2) is 49.1 Å². The summed E-state index contributed by atoms with van der Waals surface area (Å²) in [4.78, 5) is 0. The van der Waals surface area contributed by atoms with Crippen molar-refractivity contribution in [3.8, 4) is 0 Å². The SMILES string of the molecule is CCCCCCCCCCCCCC/C=C\OCC(CO[Si](c1ccccc1)(c1ccccc1)C(C)(C)C)OCOCC[Si](C)(C)C. The first-order chi connectivity index (χ1) is 22.6. The van der Waals surface area contributed by atoms with Crippen molar-refractivity contribution in [2.45, 2.75) is 148 Å². The van der Waals surface area contributed by atoms with E-state index in [0.717, 1.165) is 19.1 Å². The fourth-order valence-electron chi connectivity index (χ4n) is 6.11. The number of benzene rings is 2.